The molecule has 4 rings (SSSR count). The minimum atomic E-state index is -0.928. The summed E-state index contributed by atoms with van der Waals surface area (Å²) >= 11 is 0. The third kappa shape index (κ3) is 4.33. The van der Waals surface area contributed by atoms with Crippen LogP contribution < -0.4 is 5.01 Å². The van der Waals surface area contributed by atoms with Crippen LogP contribution in [0.3, 0.4) is 0 Å². The molecule has 150 valence electrons. The van der Waals surface area contributed by atoms with E-state index in [0.717, 1.165) is 23.4 Å². The van der Waals surface area contributed by atoms with Crippen LogP contribution in [-0.2, 0) is 0 Å². The number of aromatic carboxylic acids is 1. The highest BCUT2D eigenvalue weighted by atomic mass is 16.4. The summed E-state index contributed by atoms with van der Waals surface area (Å²) in [5, 5.41) is 16.0. The zero-order valence-electron chi connectivity index (χ0n) is 17.1. The molecule has 1 unspecified atom stereocenters. The van der Waals surface area contributed by atoms with Gasteiger partial charge in [-0.15, -0.1) is 0 Å². The van der Waals surface area contributed by atoms with Crippen LogP contribution >= 0.6 is 0 Å². The van der Waals surface area contributed by atoms with Crippen molar-refractivity contribution in [3.63, 3.8) is 0 Å². The Hall–Kier alpha value is -3.66. The maximum atomic E-state index is 11.2. The Labute approximate surface area is 176 Å². The number of benzene rings is 3. The molecule has 0 fully saturated rings. The van der Waals surface area contributed by atoms with Crippen molar-refractivity contribution < 1.29 is 9.90 Å². The topological polar surface area (TPSA) is 52.9 Å². The Morgan fingerprint density at radius 1 is 0.900 bits per heavy atom. The van der Waals surface area contributed by atoms with Crippen molar-refractivity contribution in [3.8, 4) is 0 Å². The van der Waals surface area contributed by atoms with Gasteiger partial charge in [0.25, 0.3) is 0 Å². The molecular weight excluding hydrogens is 372 g/mol. The first kappa shape index (κ1) is 19.6. The first-order chi connectivity index (χ1) is 14.5. The molecule has 0 bridgehead atoms. The van der Waals surface area contributed by atoms with E-state index < -0.39 is 5.97 Å². The first-order valence-corrected chi connectivity index (χ1v) is 10.0. The van der Waals surface area contributed by atoms with Crippen LogP contribution in [0.15, 0.2) is 84.0 Å². The lowest BCUT2D eigenvalue weighted by Gasteiger charge is -2.24. The number of carboxylic acid groups (broad SMARTS) is 1. The summed E-state index contributed by atoms with van der Waals surface area (Å²) in [6, 6.07) is 23.9. The number of aryl methyl sites for hydroxylation is 2. The summed E-state index contributed by atoms with van der Waals surface area (Å²) < 4.78 is 0. The molecule has 1 N–H and O–H groups in total. The number of hydrazone groups is 1. The molecule has 1 atom stereocenters. The second kappa shape index (κ2) is 8.37. The van der Waals surface area contributed by atoms with E-state index in [4.69, 9.17) is 5.10 Å². The molecule has 1 heterocycles. The summed E-state index contributed by atoms with van der Waals surface area (Å²) in [5.74, 6) is -0.928. The first-order valence-electron chi connectivity index (χ1n) is 10.0. The Morgan fingerprint density at radius 2 is 1.50 bits per heavy atom. The van der Waals surface area contributed by atoms with E-state index >= 15 is 0 Å². The zero-order valence-corrected chi connectivity index (χ0v) is 17.1. The summed E-state index contributed by atoms with van der Waals surface area (Å²) in [4.78, 5) is 11.2. The van der Waals surface area contributed by atoms with E-state index in [0.29, 0.717) is 0 Å². The number of nitrogens with zero attached hydrogens (tertiary/aromatic N) is 2. The quantitative estimate of drug-likeness (QED) is 0.573. The molecule has 4 nitrogen and oxygen atoms in total. The number of hydrogen-bond donors (Lipinski definition) is 1. The second-order valence-electron chi connectivity index (χ2n) is 7.66. The molecule has 0 radical (unpaired) electrons. The minimum Gasteiger partial charge on any atom is -0.478 e. The van der Waals surface area contributed by atoms with E-state index in [2.05, 4.69) is 74.5 Å². The molecular formula is C26H24N2O2. The molecule has 0 saturated carbocycles. The monoisotopic (exact) mass is 396 g/mol. The lowest BCUT2D eigenvalue weighted by molar-refractivity contribution is 0.0697. The molecule has 0 spiro atoms. The SMILES string of the molecule is Cc1ccc(/C=C/C2=NN(c3ccc(C(=O)O)cc3)C(c3ccc(C)cc3)C2)cc1. The molecule has 30 heavy (non-hydrogen) atoms. The van der Waals surface area contributed by atoms with Crippen LogP contribution in [0.25, 0.3) is 6.08 Å². The van der Waals surface area contributed by atoms with Gasteiger partial charge in [-0.3, -0.25) is 5.01 Å². The second-order valence-corrected chi connectivity index (χ2v) is 7.66. The maximum absolute atomic E-state index is 11.2. The number of carboxylic acids is 1. The lowest BCUT2D eigenvalue weighted by Crippen LogP contribution is -2.18. The zero-order chi connectivity index (χ0) is 21.1. The third-order valence-corrected chi connectivity index (χ3v) is 5.32. The van der Waals surface area contributed by atoms with Gasteiger partial charge in [-0.05, 0) is 55.3 Å². The average Bonchev–Trinajstić information content (AvgIpc) is 3.18. The van der Waals surface area contributed by atoms with Gasteiger partial charge in [0.2, 0.25) is 0 Å². The fourth-order valence-electron chi connectivity index (χ4n) is 3.55. The molecule has 0 aliphatic carbocycles. The number of rotatable bonds is 5. The molecule has 3 aromatic carbocycles. The highest BCUT2D eigenvalue weighted by Gasteiger charge is 2.28. The normalized spacial score (nSPS) is 16.1. The Kier molecular flexibility index (Phi) is 5.48. The standard InChI is InChI=1S/C26H24N2O2/c1-18-3-7-20(8-4-18)9-14-23-17-25(21-10-5-19(2)6-11-21)28(27-23)24-15-12-22(13-16-24)26(29)30/h3-16,25H,17H2,1-2H3,(H,29,30)/b14-9+. The van der Waals surface area contributed by atoms with Gasteiger partial charge in [-0.1, -0.05) is 65.7 Å². The van der Waals surface area contributed by atoms with Gasteiger partial charge in [0.15, 0.2) is 0 Å². The van der Waals surface area contributed by atoms with Crippen molar-refractivity contribution in [1.82, 2.24) is 0 Å². The van der Waals surface area contributed by atoms with Crippen molar-refractivity contribution in [3.05, 3.63) is 107 Å². The van der Waals surface area contributed by atoms with Gasteiger partial charge < -0.3 is 5.11 Å². The van der Waals surface area contributed by atoms with E-state index in [1.165, 1.54) is 16.7 Å². The van der Waals surface area contributed by atoms with Gasteiger partial charge in [0, 0.05) is 6.42 Å². The average molecular weight is 396 g/mol. The summed E-state index contributed by atoms with van der Waals surface area (Å²) in [7, 11) is 0. The van der Waals surface area contributed by atoms with Crippen molar-refractivity contribution in [1.29, 1.82) is 0 Å². The van der Waals surface area contributed by atoms with Crippen LogP contribution in [0.4, 0.5) is 5.69 Å². The molecule has 0 aromatic heterocycles. The van der Waals surface area contributed by atoms with Crippen molar-refractivity contribution in [2.45, 2.75) is 26.3 Å². The predicted molar refractivity (Wildman–Crippen MR) is 122 cm³/mol. The van der Waals surface area contributed by atoms with E-state index in [1.54, 1.807) is 12.1 Å². The molecule has 0 saturated heterocycles. The third-order valence-electron chi connectivity index (χ3n) is 5.32. The van der Waals surface area contributed by atoms with Crippen molar-refractivity contribution >= 4 is 23.4 Å². The van der Waals surface area contributed by atoms with Gasteiger partial charge in [0.1, 0.15) is 0 Å². The van der Waals surface area contributed by atoms with Gasteiger partial charge in [-0.2, -0.15) is 5.10 Å². The van der Waals surface area contributed by atoms with Crippen LogP contribution in [0.2, 0.25) is 0 Å². The lowest BCUT2D eigenvalue weighted by atomic mass is 9.99. The molecule has 4 heteroatoms. The number of hydrogen-bond acceptors (Lipinski definition) is 3. The van der Waals surface area contributed by atoms with E-state index in [1.807, 2.05) is 17.1 Å². The van der Waals surface area contributed by atoms with Crippen molar-refractivity contribution in [2.75, 3.05) is 5.01 Å². The van der Waals surface area contributed by atoms with Crippen LogP contribution in [0.5, 0.6) is 0 Å². The predicted octanol–water partition coefficient (Wildman–Crippen LogP) is 6.02. The highest BCUT2D eigenvalue weighted by molar-refractivity contribution is 6.01. The summed E-state index contributed by atoms with van der Waals surface area (Å²) in [6.45, 7) is 4.15. The van der Waals surface area contributed by atoms with Gasteiger partial charge in [-0.25, -0.2) is 4.79 Å². The van der Waals surface area contributed by atoms with Crippen molar-refractivity contribution in [2.24, 2.45) is 5.10 Å². The maximum Gasteiger partial charge on any atom is 0.335 e. The molecule has 1 aliphatic rings. The molecule has 3 aromatic rings. The summed E-state index contributed by atoms with van der Waals surface area (Å²) in [6.07, 6.45) is 4.94. The highest BCUT2D eigenvalue weighted by Crippen LogP contribution is 2.35. The number of anilines is 1. The fourth-order valence-corrected chi connectivity index (χ4v) is 3.55. The van der Waals surface area contributed by atoms with Crippen LogP contribution in [0.1, 0.15) is 45.1 Å². The Balaban J connectivity index is 1.65. The Morgan fingerprint density at radius 3 is 2.10 bits per heavy atom. The largest absolute Gasteiger partial charge is 0.478 e. The van der Waals surface area contributed by atoms with E-state index in [9.17, 15) is 9.90 Å². The Bertz CT molecular complexity index is 1100. The van der Waals surface area contributed by atoms with Crippen LogP contribution in [0, 0.1) is 13.8 Å². The molecule has 0 amide bonds. The molecule has 1 aliphatic heterocycles. The minimum absolute atomic E-state index is 0.0685. The van der Waals surface area contributed by atoms with Gasteiger partial charge in [0.05, 0.1) is 23.0 Å². The van der Waals surface area contributed by atoms with Crippen LogP contribution in [-0.4, -0.2) is 16.8 Å². The van der Waals surface area contributed by atoms with E-state index in [-0.39, 0.29) is 11.6 Å². The number of allylic oxidation sites excluding steroid dienone is 1. The number of carbonyl (C=O) groups is 1. The summed E-state index contributed by atoms with van der Waals surface area (Å²) in [5.41, 5.74) is 6.92. The smallest absolute Gasteiger partial charge is 0.335 e. The van der Waals surface area contributed by atoms with Gasteiger partial charge >= 0.3 is 5.97 Å². The fraction of sp³-hybridized carbons (Fsp3) is 0.154.